The molecule has 8 heteroatoms. The molecule has 4 heterocycles. The second-order valence-corrected chi connectivity index (χ2v) is 8.48. The van der Waals surface area contributed by atoms with Gasteiger partial charge in [-0.1, -0.05) is 12.1 Å². The van der Waals surface area contributed by atoms with Gasteiger partial charge in [0.15, 0.2) is 0 Å². The highest BCUT2D eigenvalue weighted by molar-refractivity contribution is 6.06. The first-order valence-electron chi connectivity index (χ1n) is 10.8. The van der Waals surface area contributed by atoms with Gasteiger partial charge in [0.25, 0.3) is 5.91 Å². The number of carbonyl (C=O) groups excluding carboxylic acids is 2. The second kappa shape index (κ2) is 8.11. The van der Waals surface area contributed by atoms with E-state index in [2.05, 4.69) is 15.3 Å². The van der Waals surface area contributed by atoms with Crippen molar-refractivity contribution in [3.8, 4) is 0 Å². The summed E-state index contributed by atoms with van der Waals surface area (Å²) in [5.41, 5.74) is 8.13. The van der Waals surface area contributed by atoms with Gasteiger partial charge in [0.2, 0.25) is 5.91 Å². The molecule has 1 aromatic carbocycles. The Morgan fingerprint density at radius 2 is 1.88 bits per heavy atom. The van der Waals surface area contributed by atoms with E-state index in [-0.39, 0.29) is 29.8 Å². The van der Waals surface area contributed by atoms with Crippen LogP contribution in [0.15, 0.2) is 48.8 Å². The van der Waals surface area contributed by atoms with Crippen molar-refractivity contribution >= 4 is 34.6 Å². The molecule has 0 unspecified atom stereocenters. The summed E-state index contributed by atoms with van der Waals surface area (Å²) >= 11 is 0. The fourth-order valence-corrected chi connectivity index (χ4v) is 5.04. The first kappa shape index (κ1) is 20.2. The maximum Gasteiger partial charge on any atom is 0.252 e. The Morgan fingerprint density at radius 3 is 2.56 bits per heavy atom. The van der Waals surface area contributed by atoms with Crippen molar-refractivity contribution < 1.29 is 14.0 Å². The number of H-pyrrole nitrogens is 1. The van der Waals surface area contributed by atoms with Gasteiger partial charge in [0.05, 0.1) is 11.3 Å². The van der Waals surface area contributed by atoms with Crippen molar-refractivity contribution in [2.24, 2.45) is 5.73 Å². The molecular weight excluding hydrogens is 409 g/mol. The number of amides is 2. The summed E-state index contributed by atoms with van der Waals surface area (Å²) in [5.74, 6) is -0.841. The van der Waals surface area contributed by atoms with Gasteiger partial charge >= 0.3 is 0 Å². The van der Waals surface area contributed by atoms with Crippen LogP contribution in [-0.4, -0.2) is 44.8 Å². The van der Waals surface area contributed by atoms with Crippen molar-refractivity contribution in [1.82, 2.24) is 14.9 Å². The summed E-state index contributed by atoms with van der Waals surface area (Å²) in [4.78, 5) is 34.2. The summed E-state index contributed by atoms with van der Waals surface area (Å²) in [5, 5.41) is 4.36. The molecule has 164 valence electrons. The Hall–Kier alpha value is -3.68. The number of nitrogens with one attached hydrogen (secondary N) is 2. The van der Waals surface area contributed by atoms with Gasteiger partial charge in [0, 0.05) is 42.0 Å². The van der Waals surface area contributed by atoms with Crippen LogP contribution in [0.3, 0.4) is 0 Å². The van der Waals surface area contributed by atoms with Gasteiger partial charge in [-0.25, -0.2) is 9.37 Å². The number of benzene rings is 1. The highest BCUT2D eigenvalue weighted by Crippen LogP contribution is 2.38. The average molecular weight is 433 g/mol. The molecule has 0 radical (unpaired) electrons. The number of primary amides is 1. The van der Waals surface area contributed by atoms with E-state index in [0.29, 0.717) is 16.9 Å². The van der Waals surface area contributed by atoms with Crippen LogP contribution in [0.1, 0.15) is 41.6 Å². The monoisotopic (exact) mass is 433 g/mol. The van der Waals surface area contributed by atoms with Gasteiger partial charge in [-0.3, -0.25) is 9.59 Å². The molecule has 2 saturated heterocycles. The van der Waals surface area contributed by atoms with Crippen molar-refractivity contribution in [3.63, 3.8) is 0 Å². The molecule has 2 amide bonds. The lowest BCUT2D eigenvalue weighted by molar-refractivity contribution is -0.130. The Kier molecular flexibility index (Phi) is 5.13. The zero-order valence-corrected chi connectivity index (χ0v) is 17.4. The Morgan fingerprint density at radius 1 is 1.16 bits per heavy atom. The summed E-state index contributed by atoms with van der Waals surface area (Å²) in [6.07, 6.45) is 10.1. The molecule has 0 saturated carbocycles. The predicted octanol–water partition coefficient (Wildman–Crippen LogP) is 3.45. The lowest BCUT2D eigenvalue weighted by Crippen LogP contribution is -2.49. The third-order valence-corrected chi connectivity index (χ3v) is 6.48. The van der Waals surface area contributed by atoms with Crippen LogP contribution in [0.25, 0.3) is 17.1 Å². The zero-order chi connectivity index (χ0) is 22.2. The number of aromatic nitrogens is 2. The molecule has 5 rings (SSSR count). The van der Waals surface area contributed by atoms with Crippen molar-refractivity contribution in [1.29, 1.82) is 0 Å². The van der Waals surface area contributed by atoms with E-state index < -0.39 is 5.91 Å². The molecule has 2 bridgehead atoms. The minimum absolute atomic E-state index is 0.0185. The van der Waals surface area contributed by atoms with E-state index in [1.165, 1.54) is 18.3 Å². The average Bonchev–Trinajstić information content (AvgIpc) is 3.36. The third-order valence-electron chi connectivity index (χ3n) is 6.48. The number of nitrogens with zero attached hydrogens (tertiary/aromatic N) is 2. The van der Waals surface area contributed by atoms with Crippen LogP contribution in [0.2, 0.25) is 0 Å². The van der Waals surface area contributed by atoms with Crippen molar-refractivity contribution in [3.05, 3.63) is 65.7 Å². The fraction of sp³-hybridized carbons (Fsp3) is 0.292. The van der Waals surface area contributed by atoms with E-state index in [9.17, 15) is 14.0 Å². The maximum atomic E-state index is 13.1. The van der Waals surface area contributed by atoms with Crippen molar-refractivity contribution in [2.75, 3.05) is 5.32 Å². The number of halogens is 1. The maximum absolute atomic E-state index is 13.1. The molecule has 2 aliphatic rings. The van der Waals surface area contributed by atoms with Crippen molar-refractivity contribution in [2.45, 2.75) is 43.8 Å². The molecule has 4 N–H and O–H groups in total. The Labute approximate surface area is 184 Å². The molecular formula is C24H24FN5O2. The smallest absolute Gasteiger partial charge is 0.252 e. The molecule has 2 fully saturated rings. The summed E-state index contributed by atoms with van der Waals surface area (Å²) < 4.78 is 13.1. The molecule has 3 aromatic rings. The number of nitrogens with two attached hydrogens (primary N) is 1. The number of anilines is 1. The minimum Gasteiger partial charge on any atom is -0.381 e. The largest absolute Gasteiger partial charge is 0.381 e. The number of piperidine rings is 1. The molecule has 0 spiro atoms. The standard InChI is InChI=1S/C24H24FN5O2/c25-15-4-1-14(2-5-15)3-8-21(31)30-17-6-7-18(30)12-16(11-17)29-22-19-9-10-27-24(19)28-13-20(22)23(26)32/h1-5,8-10,13,16-18H,6-7,11-12H2,(H2,26,32)(H2,27,28,29)/b8-3+/t17-,18-/m0/s1. The van der Waals surface area contributed by atoms with Crippen LogP contribution in [0.4, 0.5) is 10.1 Å². The van der Waals surface area contributed by atoms with Crippen LogP contribution in [0, 0.1) is 5.82 Å². The normalized spacial score (nSPS) is 22.5. The van der Waals surface area contributed by atoms with E-state index in [1.54, 1.807) is 30.5 Å². The highest BCUT2D eigenvalue weighted by atomic mass is 19.1. The van der Waals surface area contributed by atoms with Gasteiger partial charge in [0.1, 0.15) is 11.5 Å². The first-order valence-corrected chi connectivity index (χ1v) is 10.8. The minimum atomic E-state index is -0.524. The van der Waals surface area contributed by atoms with Crippen LogP contribution in [0.5, 0.6) is 0 Å². The lowest BCUT2D eigenvalue weighted by atomic mass is 9.96. The van der Waals surface area contributed by atoms with Gasteiger partial charge in [-0.05, 0) is 55.5 Å². The molecule has 0 aliphatic carbocycles. The number of hydrogen-bond donors (Lipinski definition) is 3. The number of pyridine rings is 1. The van der Waals surface area contributed by atoms with Crippen LogP contribution >= 0.6 is 0 Å². The number of fused-ring (bicyclic) bond motifs is 3. The second-order valence-electron chi connectivity index (χ2n) is 8.48. The SMILES string of the molecule is NC(=O)c1cnc2[nH]ccc2c1NC1C[C@@H]2CC[C@@H](C1)N2C(=O)/C=C/c1ccc(F)cc1. The van der Waals surface area contributed by atoms with Crippen LogP contribution in [-0.2, 0) is 4.79 Å². The molecule has 2 aromatic heterocycles. The number of aromatic amines is 1. The molecule has 7 nitrogen and oxygen atoms in total. The van der Waals surface area contributed by atoms with Crippen LogP contribution < -0.4 is 11.1 Å². The van der Waals surface area contributed by atoms with Gasteiger partial charge < -0.3 is 20.9 Å². The molecule has 32 heavy (non-hydrogen) atoms. The van der Waals surface area contributed by atoms with E-state index in [0.717, 1.165) is 36.6 Å². The number of rotatable bonds is 5. The predicted molar refractivity (Wildman–Crippen MR) is 120 cm³/mol. The summed E-state index contributed by atoms with van der Waals surface area (Å²) in [6.45, 7) is 0. The quantitative estimate of drug-likeness (QED) is 0.536. The molecule has 2 atom stereocenters. The van der Waals surface area contributed by atoms with E-state index in [4.69, 9.17) is 5.73 Å². The topological polar surface area (TPSA) is 104 Å². The lowest BCUT2D eigenvalue weighted by Gasteiger charge is -2.39. The summed E-state index contributed by atoms with van der Waals surface area (Å²) in [7, 11) is 0. The Balaban J connectivity index is 1.32. The molecule has 2 aliphatic heterocycles. The number of carbonyl (C=O) groups is 2. The highest BCUT2D eigenvalue weighted by Gasteiger charge is 2.42. The van der Waals surface area contributed by atoms with Gasteiger partial charge in [-0.2, -0.15) is 0 Å². The third kappa shape index (κ3) is 3.72. The fourth-order valence-electron chi connectivity index (χ4n) is 5.04. The van der Waals surface area contributed by atoms with E-state index in [1.807, 2.05) is 11.0 Å². The first-order chi connectivity index (χ1) is 15.5. The number of hydrogen-bond acceptors (Lipinski definition) is 4. The Bertz CT molecular complexity index is 1190. The summed E-state index contributed by atoms with van der Waals surface area (Å²) in [6, 6.07) is 8.33. The zero-order valence-electron chi connectivity index (χ0n) is 17.4. The van der Waals surface area contributed by atoms with E-state index >= 15 is 0 Å². The van der Waals surface area contributed by atoms with Gasteiger partial charge in [-0.15, -0.1) is 0 Å².